The van der Waals surface area contributed by atoms with Crippen LogP contribution in [0.25, 0.3) is 0 Å². The molecule has 1 atom stereocenters. The van der Waals surface area contributed by atoms with Gasteiger partial charge in [0.1, 0.15) is 0 Å². The summed E-state index contributed by atoms with van der Waals surface area (Å²) in [6.45, 7) is 6.02. The zero-order chi connectivity index (χ0) is 18.4. The standard InChI is InChI=1S/C23H30N2O/c1-18(2)25-16-10-9-15-22(25)23(26)24-17-21(19-11-5-3-6-12-19)20-13-7-4-8-14-20/h3-8,11-14,18,21-22H,9-10,15-17H2,1-2H3,(H,24,26). The first-order valence-electron chi connectivity index (χ1n) is 9.80. The molecule has 26 heavy (non-hydrogen) atoms. The highest BCUT2D eigenvalue weighted by atomic mass is 16.2. The minimum Gasteiger partial charge on any atom is -0.354 e. The molecule has 2 aromatic rings. The first kappa shape index (κ1) is 18.7. The Labute approximate surface area is 157 Å². The second kappa shape index (κ2) is 9.00. The van der Waals surface area contributed by atoms with E-state index in [1.165, 1.54) is 17.5 Å². The number of nitrogens with zero attached hydrogens (tertiary/aromatic N) is 1. The van der Waals surface area contributed by atoms with Crippen molar-refractivity contribution in [3.8, 4) is 0 Å². The lowest BCUT2D eigenvalue weighted by Gasteiger charge is -2.37. The van der Waals surface area contributed by atoms with E-state index in [-0.39, 0.29) is 17.9 Å². The van der Waals surface area contributed by atoms with Crippen LogP contribution in [0.1, 0.15) is 50.2 Å². The lowest BCUT2D eigenvalue weighted by atomic mass is 9.91. The number of likely N-dealkylation sites (tertiary alicyclic amines) is 1. The number of carbonyl (C=O) groups is 1. The van der Waals surface area contributed by atoms with E-state index in [4.69, 9.17) is 0 Å². The second-order valence-electron chi connectivity index (χ2n) is 7.46. The molecule has 1 saturated heterocycles. The largest absolute Gasteiger partial charge is 0.354 e. The van der Waals surface area contributed by atoms with Crippen LogP contribution in [-0.4, -0.2) is 36.0 Å². The van der Waals surface area contributed by atoms with Crippen LogP contribution in [0.2, 0.25) is 0 Å². The molecule has 1 amide bonds. The molecule has 3 heteroatoms. The van der Waals surface area contributed by atoms with Crippen molar-refractivity contribution in [2.45, 2.75) is 51.1 Å². The molecule has 0 saturated carbocycles. The Hall–Kier alpha value is -2.13. The summed E-state index contributed by atoms with van der Waals surface area (Å²) < 4.78 is 0. The number of benzene rings is 2. The Morgan fingerprint density at radius 2 is 1.58 bits per heavy atom. The minimum atomic E-state index is 0.0101. The molecule has 1 heterocycles. The lowest BCUT2D eigenvalue weighted by Crippen LogP contribution is -2.52. The molecular formula is C23H30N2O. The molecule has 0 radical (unpaired) electrons. The quantitative estimate of drug-likeness (QED) is 0.847. The van der Waals surface area contributed by atoms with Crippen LogP contribution < -0.4 is 5.32 Å². The highest BCUT2D eigenvalue weighted by Gasteiger charge is 2.30. The molecule has 1 fully saturated rings. The molecule has 3 rings (SSSR count). The molecule has 0 spiro atoms. The molecule has 1 N–H and O–H groups in total. The van der Waals surface area contributed by atoms with Crippen molar-refractivity contribution in [2.24, 2.45) is 0 Å². The summed E-state index contributed by atoms with van der Waals surface area (Å²) in [5.74, 6) is 0.354. The van der Waals surface area contributed by atoms with E-state index in [0.29, 0.717) is 12.6 Å². The van der Waals surface area contributed by atoms with Gasteiger partial charge in [-0.1, -0.05) is 67.1 Å². The predicted molar refractivity (Wildman–Crippen MR) is 107 cm³/mol. The van der Waals surface area contributed by atoms with Gasteiger partial charge in [-0.25, -0.2) is 0 Å². The van der Waals surface area contributed by atoms with Gasteiger partial charge in [-0.3, -0.25) is 9.69 Å². The van der Waals surface area contributed by atoms with Gasteiger partial charge in [0.15, 0.2) is 0 Å². The van der Waals surface area contributed by atoms with Crippen LogP contribution in [0.4, 0.5) is 0 Å². The van der Waals surface area contributed by atoms with Gasteiger partial charge in [-0.15, -0.1) is 0 Å². The molecule has 0 aromatic heterocycles. The highest BCUT2D eigenvalue weighted by Crippen LogP contribution is 2.24. The molecule has 138 valence electrons. The monoisotopic (exact) mass is 350 g/mol. The fourth-order valence-electron chi connectivity index (χ4n) is 3.97. The van der Waals surface area contributed by atoms with Crippen molar-refractivity contribution < 1.29 is 4.79 Å². The molecule has 1 aliphatic heterocycles. The average Bonchev–Trinajstić information content (AvgIpc) is 2.69. The molecule has 3 nitrogen and oxygen atoms in total. The Bertz CT molecular complexity index is 644. The van der Waals surface area contributed by atoms with Crippen molar-refractivity contribution >= 4 is 5.91 Å². The predicted octanol–water partition coefficient (Wildman–Crippen LogP) is 4.20. The van der Waals surface area contributed by atoms with Crippen molar-refractivity contribution in [1.82, 2.24) is 10.2 Å². The number of nitrogens with one attached hydrogen (secondary N) is 1. The van der Waals surface area contributed by atoms with Crippen LogP contribution in [-0.2, 0) is 4.79 Å². The van der Waals surface area contributed by atoms with Crippen molar-refractivity contribution in [2.75, 3.05) is 13.1 Å². The normalized spacial score (nSPS) is 18.2. The van der Waals surface area contributed by atoms with Crippen LogP contribution in [0, 0.1) is 0 Å². The zero-order valence-electron chi connectivity index (χ0n) is 15.9. The topological polar surface area (TPSA) is 32.3 Å². The van der Waals surface area contributed by atoms with Gasteiger partial charge in [0.25, 0.3) is 0 Å². The van der Waals surface area contributed by atoms with Gasteiger partial charge in [0.2, 0.25) is 5.91 Å². The summed E-state index contributed by atoms with van der Waals surface area (Å²) in [6.07, 6.45) is 3.30. The summed E-state index contributed by atoms with van der Waals surface area (Å²) in [7, 11) is 0. The van der Waals surface area contributed by atoms with Gasteiger partial charge in [-0.2, -0.15) is 0 Å². The minimum absolute atomic E-state index is 0.0101. The zero-order valence-corrected chi connectivity index (χ0v) is 15.9. The van der Waals surface area contributed by atoms with Gasteiger partial charge < -0.3 is 5.32 Å². The Balaban J connectivity index is 1.72. The fraction of sp³-hybridized carbons (Fsp3) is 0.435. The number of amides is 1. The third kappa shape index (κ3) is 4.53. The Kier molecular flexibility index (Phi) is 6.45. The Morgan fingerprint density at radius 3 is 2.12 bits per heavy atom. The van der Waals surface area contributed by atoms with Crippen molar-refractivity contribution in [3.63, 3.8) is 0 Å². The summed E-state index contributed by atoms with van der Waals surface area (Å²) in [5.41, 5.74) is 2.48. The van der Waals surface area contributed by atoms with Gasteiger partial charge in [0, 0.05) is 18.5 Å². The lowest BCUT2D eigenvalue weighted by molar-refractivity contribution is -0.128. The maximum atomic E-state index is 12.9. The van der Waals surface area contributed by atoms with Crippen LogP contribution in [0.3, 0.4) is 0 Å². The van der Waals surface area contributed by atoms with E-state index in [0.717, 1.165) is 19.4 Å². The van der Waals surface area contributed by atoms with Crippen LogP contribution in [0.5, 0.6) is 0 Å². The first-order valence-corrected chi connectivity index (χ1v) is 9.80. The number of hydrogen-bond donors (Lipinski definition) is 1. The van der Waals surface area contributed by atoms with E-state index in [1.807, 2.05) is 12.1 Å². The third-order valence-electron chi connectivity index (χ3n) is 5.39. The van der Waals surface area contributed by atoms with Crippen molar-refractivity contribution in [1.29, 1.82) is 0 Å². The number of carbonyl (C=O) groups excluding carboxylic acids is 1. The van der Waals surface area contributed by atoms with Gasteiger partial charge >= 0.3 is 0 Å². The van der Waals surface area contributed by atoms with E-state index >= 15 is 0 Å². The maximum absolute atomic E-state index is 12.9. The molecule has 2 aromatic carbocycles. The van der Waals surface area contributed by atoms with E-state index < -0.39 is 0 Å². The molecule has 0 bridgehead atoms. The van der Waals surface area contributed by atoms with Crippen LogP contribution in [0.15, 0.2) is 60.7 Å². The number of rotatable bonds is 6. The number of piperidine rings is 1. The van der Waals surface area contributed by atoms with Gasteiger partial charge in [-0.05, 0) is 44.4 Å². The molecule has 1 aliphatic rings. The number of hydrogen-bond acceptors (Lipinski definition) is 2. The van der Waals surface area contributed by atoms with Crippen LogP contribution >= 0.6 is 0 Å². The van der Waals surface area contributed by atoms with Gasteiger partial charge in [0.05, 0.1) is 6.04 Å². The highest BCUT2D eigenvalue weighted by molar-refractivity contribution is 5.82. The SMILES string of the molecule is CC(C)N1CCCCC1C(=O)NCC(c1ccccc1)c1ccccc1. The second-order valence-corrected chi connectivity index (χ2v) is 7.46. The molecule has 1 unspecified atom stereocenters. The fourth-order valence-corrected chi connectivity index (χ4v) is 3.97. The molecule has 0 aliphatic carbocycles. The summed E-state index contributed by atoms with van der Waals surface area (Å²) in [6, 6.07) is 21.3. The average molecular weight is 351 g/mol. The van der Waals surface area contributed by atoms with Crippen molar-refractivity contribution in [3.05, 3.63) is 71.8 Å². The first-order chi connectivity index (χ1) is 12.7. The van der Waals surface area contributed by atoms with E-state index in [1.54, 1.807) is 0 Å². The summed E-state index contributed by atoms with van der Waals surface area (Å²) in [4.78, 5) is 15.3. The Morgan fingerprint density at radius 1 is 1.00 bits per heavy atom. The summed E-state index contributed by atoms with van der Waals surface area (Å²) in [5, 5.41) is 3.25. The van der Waals surface area contributed by atoms with E-state index in [9.17, 15) is 4.79 Å². The van der Waals surface area contributed by atoms with E-state index in [2.05, 4.69) is 72.6 Å². The molecular weight excluding hydrogens is 320 g/mol. The maximum Gasteiger partial charge on any atom is 0.237 e. The smallest absolute Gasteiger partial charge is 0.237 e. The summed E-state index contributed by atoms with van der Waals surface area (Å²) >= 11 is 0. The third-order valence-corrected chi connectivity index (χ3v) is 5.39.